The molecule has 0 saturated heterocycles. The summed E-state index contributed by atoms with van der Waals surface area (Å²) in [7, 11) is 0. The Hall–Kier alpha value is -3.13. The molecule has 0 N–H and O–H groups in total. The largest absolute Gasteiger partial charge is 3.00 e. The molecule has 0 nitrogen and oxygen atoms in total. The number of halogens is 20. The van der Waals surface area contributed by atoms with Gasteiger partial charge in [0.15, 0.2) is 69.8 Å². The van der Waals surface area contributed by atoms with Crippen molar-refractivity contribution in [1.29, 1.82) is 0 Å². The van der Waals surface area contributed by atoms with Gasteiger partial charge in [-0.15, -0.1) is 21.9 Å². The first-order valence-corrected chi connectivity index (χ1v) is 18.4. The molecule has 0 heterocycles. The Morgan fingerprint density at radius 1 is 0.167 bits per heavy atom. The van der Waals surface area contributed by atoms with Gasteiger partial charge in [0.1, 0.15) is 52.7 Å². The zero-order chi connectivity index (χ0) is 50.1. The minimum atomic E-state index is -7.22. The number of hydrogen-bond acceptors (Lipinski definition) is 0. The molecule has 0 aliphatic heterocycles. The third-order valence-corrected chi connectivity index (χ3v) is 12.3. The number of rotatable bonds is 4. The third kappa shape index (κ3) is 8.87. The van der Waals surface area contributed by atoms with Crippen LogP contribution in [0.25, 0.3) is 0 Å². The zero-order valence-electron chi connectivity index (χ0n) is 35.5. The molecule has 355 valence electrons. The molecule has 2 fully saturated rings. The van der Waals surface area contributed by atoms with Crippen LogP contribution in [0.2, 0.25) is 0 Å². The summed E-state index contributed by atoms with van der Waals surface area (Å²) in [5.41, 5.74) is -14.3. The van der Waals surface area contributed by atoms with Gasteiger partial charge in [-0.2, -0.15) is 0 Å². The molecule has 0 aromatic heterocycles. The third-order valence-electron chi connectivity index (χ3n) is 12.3. The summed E-state index contributed by atoms with van der Waals surface area (Å²) in [5, 5.41) is 0. The quantitative estimate of drug-likeness (QED) is 0.0827. The van der Waals surface area contributed by atoms with Gasteiger partial charge in [-0.3, -0.25) is 0 Å². The van der Waals surface area contributed by atoms with Gasteiger partial charge in [0.25, 0.3) is 0 Å². The van der Waals surface area contributed by atoms with Crippen LogP contribution in [0.1, 0.15) is 69.2 Å². The van der Waals surface area contributed by atoms with E-state index < -0.39 is 144 Å². The fourth-order valence-electron chi connectivity index (χ4n) is 7.69. The summed E-state index contributed by atoms with van der Waals surface area (Å²) < 4.78 is 294. The molecule has 0 atom stereocenters. The zero-order valence-corrected chi connectivity index (χ0v) is 37.8. The predicted octanol–water partition coefficient (Wildman–Crippen LogP) is 11.8. The first-order chi connectivity index (χ1) is 29.8. The summed E-state index contributed by atoms with van der Waals surface area (Å²) in [5.74, 6) is -56.7. The molecule has 0 spiro atoms. The molecule has 22 heteroatoms. The van der Waals surface area contributed by atoms with Gasteiger partial charge >= 0.3 is 39.9 Å². The van der Waals surface area contributed by atoms with E-state index >= 15 is 35.1 Å². The van der Waals surface area contributed by atoms with Crippen LogP contribution in [0.3, 0.4) is 0 Å². The van der Waals surface area contributed by atoms with Crippen LogP contribution < -0.4 is 21.9 Å². The van der Waals surface area contributed by atoms with Gasteiger partial charge in [0.2, 0.25) is 0 Å². The molecular formula is C44H30BF20Gd+2. The van der Waals surface area contributed by atoms with Crippen molar-refractivity contribution in [2.45, 2.75) is 69.2 Å². The van der Waals surface area contributed by atoms with E-state index in [1.165, 1.54) is 59.2 Å². The van der Waals surface area contributed by atoms with Gasteiger partial charge in [0, 0.05) is 0 Å². The molecule has 0 bridgehead atoms. The normalized spacial score (nSPS) is 16.8. The van der Waals surface area contributed by atoms with Crippen molar-refractivity contribution in [3.63, 3.8) is 0 Å². The minimum Gasteiger partial charge on any atom is -0.207 e. The standard InChI is InChI=1S/C24BF20.2C10H15.Gd/c26-5-1(6(27)14(35)21(42)13(5)34)25(2-7(28)15(36)22(43)16(37)8(2)29,3-9(30)17(38)23(44)18(39)10(3)31)4-11(32)19(40)24(45)20(41)12(4)33;2*1-6-7(2)9(4)10(5)8(6)3;/h;2*1-5H3;/q-1;;;+3. The summed E-state index contributed by atoms with van der Waals surface area (Å²) >= 11 is 0. The molecule has 4 aromatic carbocycles. The second-order valence-electron chi connectivity index (χ2n) is 15.1. The maximum absolute atomic E-state index is 15.4. The van der Waals surface area contributed by atoms with E-state index in [9.17, 15) is 52.7 Å². The average molecular weight is 1110 g/mol. The minimum absolute atomic E-state index is 0. The molecule has 11 radical (unpaired) electrons. The van der Waals surface area contributed by atoms with Gasteiger partial charge < -0.3 is 0 Å². The van der Waals surface area contributed by atoms with Crippen molar-refractivity contribution in [1.82, 2.24) is 0 Å². The van der Waals surface area contributed by atoms with Crippen LogP contribution in [-0.2, 0) is 0 Å². The van der Waals surface area contributed by atoms with Crippen LogP contribution in [0.15, 0.2) is 0 Å². The fourth-order valence-corrected chi connectivity index (χ4v) is 7.69. The Labute approximate surface area is 398 Å². The average Bonchev–Trinajstić information content (AvgIpc) is 3.55. The molecule has 6 rings (SSSR count). The SMILES string of the molecule is C[C]1[C](C)[C](C)[C](C)[C]1C.C[C]1[C](C)[C](C)[C](C)[C]1C.Fc1c(F)c(F)c([B-](c2c(F)c(F)c(F)c(F)c2F)(c2c(F)c(F)c(F)c(F)c2F)c2c(F)c(F)c(F)c(F)c2F)c(F)c1F.[Gd+3]. The number of benzene rings is 4. The maximum Gasteiger partial charge on any atom is 3.00 e. The summed E-state index contributed by atoms with van der Waals surface area (Å²) in [6.45, 7) is 22.0. The van der Waals surface area contributed by atoms with Crippen LogP contribution in [0, 0.1) is 215 Å². The van der Waals surface area contributed by atoms with Crippen molar-refractivity contribution in [2.75, 3.05) is 0 Å². The van der Waals surface area contributed by atoms with E-state index in [4.69, 9.17) is 0 Å². The second-order valence-corrected chi connectivity index (χ2v) is 15.1. The van der Waals surface area contributed by atoms with E-state index in [-0.39, 0.29) is 39.9 Å². The predicted molar refractivity (Wildman–Crippen MR) is 198 cm³/mol. The smallest absolute Gasteiger partial charge is 0.207 e. The van der Waals surface area contributed by atoms with Crippen molar-refractivity contribution in [2.24, 2.45) is 0 Å². The molecule has 0 amide bonds. The first kappa shape index (κ1) is 57.2. The topological polar surface area (TPSA) is 0 Å². The van der Waals surface area contributed by atoms with Crippen molar-refractivity contribution >= 4 is 28.0 Å². The fraction of sp³-hybridized carbons (Fsp3) is 0.227. The van der Waals surface area contributed by atoms with Crippen LogP contribution in [-0.4, -0.2) is 6.15 Å². The first-order valence-electron chi connectivity index (χ1n) is 18.4. The van der Waals surface area contributed by atoms with Crippen molar-refractivity contribution < 1.29 is 128 Å². The van der Waals surface area contributed by atoms with Gasteiger partial charge in [0.05, 0.1) is 0 Å². The van der Waals surface area contributed by atoms with Crippen molar-refractivity contribution in [3.05, 3.63) is 176 Å². The van der Waals surface area contributed by atoms with Gasteiger partial charge in [-0.1, -0.05) is 69.2 Å². The molecular weight excluding hydrogens is 1080 g/mol. The Morgan fingerprint density at radius 2 is 0.242 bits per heavy atom. The van der Waals surface area contributed by atoms with E-state index in [0.717, 1.165) is 0 Å². The second kappa shape index (κ2) is 20.8. The summed E-state index contributed by atoms with van der Waals surface area (Å²) in [6, 6.07) is 0. The number of hydrogen-bond donors (Lipinski definition) is 0. The molecule has 4 aromatic rings. The van der Waals surface area contributed by atoms with E-state index in [0.29, 0.717) is 0 Å². The Bertz CT molecular complexity index is 1990. The van der Waals surface area contributed by atoms with Crippen LogP contribution in [0.5, 0.6) is 0 Å². The Kier molecular flexibility index (Phi) is 18.1. The van der Waals surface area contributed by atoms with Gasteiger partial charge in [-0.05, 0) is 59.2 Å². The molecule has 2 aliphatic carbocycles. The Balaban J connectivity index is 0.000000449. The maximum atomic E-state index is 15.4. The van der Waals surface area contributed by atoms with E-state index in [1.54, 1.807) is 0 Å². The van der Waals surface area contributed by atoms with Crippen LogP contribution in [0.4, 0.5) is 87.8 Å². The monoisotopic (exact) mass is 1110 g/mol. The molecule has 0 unspecified atom stereocenters. The molecule has 66 heavy (non-hydrogen) atoms. The van der Waals surface area contributed by atoms with Crippen molar-refractivity contribution in [3.8, 4) is 0 Å². The van der Waals surface area contributed by atoms with Crippen LogP contribution >= 0.6 is 0 Å². The summed E-state index contributed by atoms with van der Waals surface area (Å²) in [6.07, 6.45) is -7.22. The van der Waals surface area contributed by atoms with Gasteiger partial charge in [-0.25, -0.2) is 87.8 Å². The molecule has 2 saturated carbocycles. The Morgan fingerprint density at radius 3 is 0.333 bits per heavy atom. The van der Waals surface area contributed by atoms with E-state index in [1.807, 2.05) is 0 Å². The summed E-state index contributed by atoms with van der Waals surface area (Å²) in [4.78, 5) is 0. The molecule has 2 aliphatic rings. The van der Waals surface area contributed by atoms with E-state index in [2.05, 4.69) is 69.2 Å².